The van der Waals surface area contributed by atoms with Gasteiger partial charge in [0.2, 0.25) is 0 Å². The van der Waals surface area contributed by atoms with E-state index in [2.05, 4.69) is 4.74 Å². The zero-order valence-corrected chi connectivity index (χ0v) is 8.33. The van der Waals surface area contributed by atoms with Gasteiger partial charge in [-0.25, -0.2) is 0 Å². The summed E-state index contributed by atoms with van der Waals surface area (Å²) in [4.78, 5) is 0. The first kappa shape index (κ1) is 13.8. The van der Waals surface area contributed by atoms with E-state index >= 15 is 0 Å². The van der Waals surface area contributed by atoms with Gasteiger partial charge in [0.05, 0.1) is 12.7 Å². The molecule has 86 valence electrons. The Morgan fingerprint density at radius 3 is 2.07 bits per heavy atom. The molecule has 0 aliphatic rings. The van der Waals surface area contributed by atoms with Gasteiger partial charge in [0, 0.05) is 7.11 Å². The molecule has 0 aliphatic heterocycles. The smallest absolute Gasteiger partial charge is 0.146 e. The average Bonchev–Trinajstić information content (AvgIpc) is 2.17. The fourth-order valence-electron chi connectivity index (χ4n) is 0.920. The van der Waals surface area contributed by atoms with Crippen molar-refractivity contribution in [2.24, 2.45) is 0 Å². The molecule has 0 aromatic heterocycles. The van der Waals surface area contributed by atoms with Gasteiger partial charge in [-0.05, 0) is 6.92 Å². The van der Waals surface area contributed by atoms with Crippen LogP contribution in [0.2, 0.25) is 0 Å². The van der Waals surface area contributed by atoms with Crippen LogP contribution in [-0.2, 0) is 9.47 Å². The maximum Gasteiger partial charge on any atom is 0.146 e. The molecule has 0 amide bonds. The maximum absolute atomic E-state index is 9.42. The molecule has 4 N–H and O–H groups in total. The minimum Gasteiger partial charge on any atom is -0.394 e. The summed E-state index contributed by atoms with van der Waals surface area (Å²) < 4.78 is 9.46. The highest BCUT2D eigenvalue weighted by Crippen LogP contribution is 2.07. The van der Waals surface area contributed by atoms with E-state index in [0.29, 0.717) is 0 Å². The second-order valence-electron chi connectivity index (χ2n) is 3.02. The molecule has 0 aromatic carbocycles. The molecule has 0 saturated carbocycles. The number of rotatable bonds is 7. The van der Waals surface area contributed by atoms with Gasteiger partial charge in [-0.3, -0.25) is 0 Å². The van der Waals surface area contributed by atoms with Crippen LogP contribution in [0.5, 0.6) is 0 Å². The van der Waals surface area contributed by atoms with Crippen LogP contribution < -0.4 is 0 Å². The average molecular weight is 210 g/mol. The van der Waals surface area contributed by atoms with Crippen molar-refractivity contribution in [3.63, 3.8) is 0 Å². The molecule has 2 unspecified atom stereocenters. The van der Waals surface area contributed by atoms with Crippen LogP contribution in [0.4, 0.5) is 0 Å². The number of aliphatic hydroxyl groups is 4. The van der Waals surface area contributed by atoms with Crippen LogP contribution in [0, 0.1) is 0 Å². The highest BCUT2D eigenvalue weighted by Gasteiger charge is 2.29. The fraction of sp³-hybridized carbons (Fsp3) is 1.00. The largest absolute Gasteiger partial charge is 0.394 e. The van der Waals surface area contributed by atoms with Gasteiger partial charge in [0.1, 0.15) is 25.1 Å². The standard InChI is InChI=1S/C8H18O6/c1-5(10)7(11)8(12)6(3-9)14-4-13-2/h5-12H,3-4H2,1-2H3/t5?,6?,7-,8-/m1/s1. The molecule has 0 radical (unpaired) electrons. The van der Waals surface area contributed by atoms with Crippen molar-refractivity contribution in [1.82, 2.24) is 0 Å². The first-order valence-electron chi connectivity index (χ1n) is 4.30. The van der Waals surface area contributed by atoms with E-state index in [1.165, 1.54) is 14.0 Å². The molecule has 0 heterocycles. The lowest BCUT2D eigenvalue weighted by molar-refractivity contribution is -0.164. The van der Waals surface area contributed by atoms with Gasteiger partial charge in [-0.2, -0.15) is 0 Å². The van der Waals surface area contributed by atoms with Gasteiger partial charge < -0.3 is 29.9 Å². The van der Waals surface area contributed by atoms with E-state index in [0.717, 1.165) is 0 Å². The fourth-order valence-corrected chi connectivity index (χ4v) is 0.920. The van der Waals surface area contributed by atoms with Crippen molar-refractivity contribution < 1.29 is 29.9 Å². The normalized spacial score (nSPS) is 20.1. The summed E-state index contributed by atoms with van der Waals surface area (Å²) in [6.45, 7) is 0.766. The van der Waals surface area contributed by atoms with E-state index in [-0.39, 0.29) is 6.79 Å². The van der Waals surface area contributed by atoms with E-state index in [1.807, 2.05) is 0 Å². The first-order chi connectivity index (χ1) is 6.54. The van der Waals surface area contributed by atoms with Gasteiger partial charge in [-0.1, -0.05) is 0 Å². The van der Waals surface area contributed by atoms with Crippen LogP contribution in [0.1, 0.15) is 6.92 Å². The quantitative estimate of drug-likeness (QED) is 0.365. The molecule has 0 saturated heterocycles. The van der Waals surface area contributed by atoms with E-state index in [9.17, 15) is 10.2 Å². The molecule has 6 nitrogen and oxygen atoms in total. The third-order valence-electron chi connectivity index (χ3n) is 1.80. The van der Waals surface area contributed by atoms with Gasteiger partial charge in [0.15, 0.2) is 0 Å². The van der Waals surface area contributed by atoms with E-state index in [4.69, 9.17) is 14.9 Å². The van der Waals surface area contributed by atoms with Gasteiger partial charge in [-0.15, -0.1) is 0 Å². The number of hydrogen-bond donors (Lipinski definition) is 4. The molecular weight excluding hydrogens is 192 g/mol. The highest BCUT2D eigenvalue weighted by molar-refractivity contribution is 4.79. The van der Waals surface area contributed by atoms with Crippen molar-refractivity contribution in [2.75, 3.05) is 20.5 Å². The molecule has 0 rings (SSSR count). The minimum absolute atomic E-state index is 0.102. The van der Waals surface area contributed by atoms with Crippen LogP contribution in [0.15, 0.2) is 0 Å². The number of ether oxygens (including phenoxy) is 2. The van der Waals surface area contributed by atoms with Gasteiger partial charge in [0.25, 0.3) is 0 Å². The first-order valence-corrected chi connectivity index (χ1v) is 4.30. The predicted octanol–water partition coefficient (Wildman–Crippen LogP) is -1.93. The van der Waals surface area contributed by atoms with Crippen molar-refractivity contribution in [2.45, 2.75) is 31.3 Å². The Morgan fingerprint density at radius 2 is 1.71 bits per heavy atom. The minimum atomic E-state index is -1.36. The molecular formula is C8H18O6. The molecule has 4 atom stereocenters. The van der Waals surface area contributed by atoms with Crippen molar-refractivity contribution in [3.8, 4) is 0 Å². The predicted molar refractivity (Wildman–Crippen MR) is 47.5 cm³/mol. The van der Waals surface area contributed by atoms with Crippen LogP contribution in [0.25, 0.3) is 0 Å². The second kappa shape index (κ2) is 7.10. The summed E-state index contributed by atoms with van der Waals surface area (Å²) in [7, 11) is 1.39. The molecule has 0 aromatic rings. The Bertz CT molecular complexity index is 140. The molecule has 0 spiro atoms. The lowest BCUT2D eigenvalue weighted by Crippen LogP contribution is -2.46. The SMILES string of the molecule is COCOC(CO)[C@@H](O)[C@H](O)C(C)O. The maximum atomic E-state index is 9.42. The monoisotopic (exact) mass is 210 g/mol. The highest BCUT2D eigenvalue weighted by atomic mass is 16.7. The summed E-state index contributed by atoms with van der Waals surface area (Å²) in [6.07, 6.45) is -4.77. The van der Waals surface area contributed by atoms with Crippen LogP contribution in [0.3, 0.4) is 0 Å². The Hall–Kier alpha value is -0.240. The van der Waals surface area contributed by atoms with Gasteiger partial charge >= 0.3 is 0 Å². The molecule has 0 fully saturated rings. The molecule has 6 heteroatoms. The molecule has 0 bridgehead atoms. The summed E-state index contributed by atoms with van der Waals surface area (Å²) in [6, 6.07) is 0. The number of aliphatic hydroxyl groups excluding tert-OH is 4. The molecule has 14 heavy (non-hydrogen) atoms. The van der Waals surface area contributed by atoms with E-state index in [1.54, 1.807) is 0 Å². The summed E-state index contributed by atoms with van der Waals surface area (Å²) in [5, 5.41) is 36.5. The summed E-state index contributed by atoms with van der Waals surface area (Å²) >= 11 is 0. The Balaban J connectivity index is 4.08. The Kier molecular flexibility index (Phi) is 6.98. The lowest BCUT2D eigenvalue weighted by Gasteiger charge is -2.26. The zero-order chi connectivity index (χ0) is 11.1. The van der Waals surface area contributed by atoms with Crippen molar-refractivity contribution in [1.29, 1.82) is 0 Å². The van der Waals surface area contributed by atoms with Crippen LogP contribution in [-0.4, -0.2) is 65.4 Å². The van der Waals surface area contributed by atoms with Crippen molar-refractivity contribution >= 4 is 0 Å². The number of methoxy groups -OCH3 is 1. The Labute approximate surface area is 82.7 Å². The third-order valence-corrected chi connectivity index (χ3v) is 1.80. The van der Waals surface area contributed by atoms with E-state index < -0.39 is 31.0 Å². The lowest BCUT2D eigenvalue weighted by atomic mass is 10.0. The van der Waals surface area contributed by atoms with Crippen molar-refractivity contribution in [3.05, 3.63) is 0 Å². The van der Waals surface area contributed by atoms with Crippen LogP contribution >= 0.6 is 0 Å². The number of hydrogen-bond acceptors (Lipinski definition) is 6. The topological polar surface area (TPSA) is 99.4 Å². The third kappa shape index (κ3) is 4.32. The summed E-state index contributed by atoms with van der Waals surface area (Å²) in [5.74, 6) is 0. The Morgan fingerprint density at radius 1 is 1.14 bits per heavy atom. The second-order valence-corrected chi connectivity index (χ2v) is 3.02. The summed E-state index contributed by atoms with van der Waals surface area (Å²) in [5.41, 5.74) is 0. The zero-order valence-electron chi connectivity index (χ0n) is 8.33. The molecule has 0 aliphatic carbocycles.